The highest BCUT2D eigenvalue weighted by atomic mass is 15.1. The van der Waals surface area contributed by atoms with Crippen molar-refractivity contribution in [3.63, 3.8) is 0 Å². The Balaban J connectivity index is 1.74. The molecule has 0 unspecified atom stereocenters. The third-order valence-electron chi connectivity index (χ3n) is 5.30. The van der Waals surface area contributed by atoms with Crippen LogP contribution in [0, 0.1) is 0 Å². The molecule has 6 nitrogen and oxygen atoms in total. The molecule has 4 rings (SSSR count). The Morgan fingerprint density at radius 1 is 1.00 bits per heavy atom. The first-order valence-electron chi connectivity index (χ1n) is 9.22. The Hall–Kier alpha value is -2.50. The predicted octanol–water partition coefficient (Wildman–Crippen LogP) is 4.17. The number of H-pyrrole nitrogens is 2. The van der Waals surface area contributed by atoms with Gasteiger partial charge in [-0.2, -0.15) is 10.2 Å². The first-order valence-corrected chi connectivity index (χ1v) is 9.22. The van der Waals surface area contributed by atoms with Crippen molar-refractivity contribution in [2.75, 3.05) is 0 Å². The Morgan fingerprint density at radius 2 is 1.77 bits per heavy atom. The van der Waals surface area contributed by atoms with Gasteiger partial charge < -0.3 is 0 Å². The summed E-state index contributed by atoms with van der Waals surface area (Å²) < 4.78 is 0. The van der Waals surface area contributed by atoms with Crippen LogP contribution in [-0.4, -0.2) is 30.4 Å². The lowest BCUT2D eigenvalue weighted by Crippen LogP contribution is -2.23. The van der Waals surface area contributed by atoms with E-state index in [0.29, 0.717) is 0 Å². The first-order chi connectivity index (χ1) is 12.3. The maximum atomic E-state index is 4.81. The minimum absolute atomic E-state index is 0.0170. The minimum Gasteiger partial charge on any atom is -0.281 e. The van der Waals surface area contributed by atoms with Crippen molar-refractivity contribution in [2.45, 2.75) is 64.7 Å². The SMILES string of the molecule is CC(C)(C)c1cc(-c2cncc(-c3n[nH]c4c3CCCC4(C)C)n2)n[nH]1. The normalized spacial score (nSPS) is 16.5. The van der Waals surface area contributed by atoms with Crippen molar-refractivity contribution in [3.05, 3.63) is 35.4 Å². The molecule has 3 heterocycles. The van der Waals surface area contributed by atoms with E-state index in [1.54, 1.807) is 12.4 Å². The minimum atomic E-state index is 0.0170. The lowest BCUT2D eigenvalue weighted by molar-refractivity contribution is 0.420. The largest absolute Gasteiger partial charge is 0.281 e. The summed E-state index contributed by atoms with van der Waals surface area (Å²) in [6.07, 6.45) is 6.94. The lowest BCUT2D eigenvalue weighted by atomic mass is 9.76. The molecule has 0 saturated carbocycles. The van der Waals surface area contributed by atoms with Gasteiger partial charge in [0.1, 0.15) is 22.8 Å². The Kier molecular flexibility index (Phi) is 3.75. The molecule has 0 bridgehead atoms. The number of nitrogens with zero attached hydrogens (tertiary/aromatic N) is 4. The van der Waals surface area contributed by atoms with Crippen LogP contribution in [0.5, 0.6) is 0 Å². The first kappa shape index (κ1) is 16.9. The zero-order valence-corrected chi connectivity index (χ0v) is 16.1. The highest BCUT2D eigenvalue weighted by molar-refractivity contribution is 5.64. The Labute approximate surface area is 153 Å². The van der Waals surface area contributed by atoms with Crippen LogP contribution in [0.15, 0.2) is 18.5 Å². The molecule has 0 fully saturated rings. The number of aromatic nitrogens is 6. The van der Waals surface area contributed by atoms with E-state index in [0.717, 1.165) is 34.9 Å². The van der Waals surface area contributed by atoms with E-state index in [2.05, 4.69) is 66.1 Å². The molecule has 0 amide bonds. The predicted molar refractivity (Wildman–Crippen MR) is 102 cm³/mol. The number of rotatable bonds is 2. The smallest absolute Gasteiger partial charge is 0.116 e. The van der Waals surface area contributed by atoms with Crippen LogP contribution < -0.4 is 0 Å². The number of hydrogen-bond donors (Lipinski definition) is 2. The lowest BCUT2D eigenvalue weighted by Gasteiger charge is -2.29. The average Bonchev–Trinajstić information content (AvgIpc) is 3.22. The fraction of sp³-hybridized carbons (Fsp3) is 0.500. The highest BCUT2D eigenvalue weighted by Gasteiger charge is 2.32. The molecule has 26 heavy (non-hydrogen) atoms. The number of hydrogen-bond acceptors (Lipinski definition) is 4. The molecule has 2 N–H and O–H groups in total. The summed E-state index contributed by atoms with van der Waals surface area (Å²) in [6.45, 7) is 11.0. The van der Waals surface area contributed by atoms with Gasteiger partial charge in [-0.1, -0.05) is 34.6 Å². The molecule has 1 aliphatic rings. The summed E-state index contributed by atoms with van der Waals surface area (Å²) in [7, 11) is 0. The van der Waals surface area contributed by atoms with E-state index in [9.17, 15) is 0 Å². The fourth-order valence-electron chi connectivity index (χ4n) is 3.65. The maximum absolute atomic E-state index is 4.81. The van der Waals surface area contributed by atoms with Gasteiger partial charge >= 0.3 is 0 Å². The standard InChI is InChI=1S/C20H26N6/c1-19(2,3)16-9-13(23-24-16)14-10-21-11-15(22-14)17-12-7-6-8-20(4,5)18(12)26-25-17/h9-11H,6-8H2,1-5H3,(H,23,24)(H,25,26). The van der Waals surface area contributed by atoms with Gasteiger partial charge in [0, 0.05) is 27.8 Å². The summed E-state index contributed by atoms with van der Waals surface area (Å²) in [5.41, 5.74) is 7.06. The van der Waals surface area contributed by atoms with Gasteiger partial charge in [0.2, 0.25) is 0 Å². The topological polar surface area (TPSA) is 83.1 Å². The van der Waals surface area contributed by atoms with Gasteiger partial charge in [0.25, 0.3) is 0 Å². The maximum Gasteiger partial charge on any atom is 0.116 e. The van der Waals surface area contributed by atoms with Crippen molar-refractivity contribution in [1.29, 1.82) is 0 Å². The highest BCUT2D eigenvalue weighted by Crippen LogP contribution is 2.39. The van der Waals surface area contributed by atoms with Crippen LogP contribution in [0.2, 0.25) is 0 Å². The fourth-order valence-corrected chi connectivity index (χ4v) is 3.65. The molecule has 136 valence electrons. The second-order valence-electron chi connectivity index (χ2n) is 8.87. The second-order valence-corrected chi connectivity index (χ2v) is 8.87. The van der Waals surface area contributed by atoms with E-state index in [4.69, 9.17) is 4.98 Å². The van der Waals surface area contributed by atoms with Crippen LogP contribution >= 0.6 is 0 Å². The summed E-state index contributed by atoms with van der Waals surface area (Å²) >= 11 is 0. The molecule has 3 aromatic rings. The molecule has 0 atom stereocenters. The zero-order chi connectivity index (χ0) is 18.5. The Morgan fingerprint density at radius 3 is 2.50 bits per heavy atom. The second kappa shape index (κ2) is 5.76. The number of fused-ring (bicyclic) bond motifs is 1. The van der Waals surface area contributed by atoms with Crippen molar-refractivity contribution in [1.82, 2.24) is 30.4 Å². The van der Waals surface area contributed by atoms with Crippen LogP contribution in [0.25, 0.3) is 22.8 Å². The molecule has 0 saturated heterocycles. The molecule has 0 radical (unpaired) electrons. The van der Waals surface area contributed by atoms with Crippen LogP contribution in [0.4, 0.5) is 0 Å². The molecule has 0 spiro atoms. The molecular weight excluding hydrogens is 324 g/mol. The van der Waals surface area contributed by atoms with Gasteiger partial charge in [-0.3, -0.25) is 15.2 Å². The van der Waals surface area contributed by atoms with Gasteiger partial charge in [-0.05, 0) is 25.3 Å². The molecule has 0 aromatic carbocycles. The van der Waals surface area contributed by atoms with E-state index < -0.39 is 0 Å². The van der Waals surface area contributed by atoms with Crippen LogP contribution in [0.1, 0.15) is 64.4 Å². The molecule has 1 aliphatic carbocycles. The third kappa shape index (κ3) is 2.83. The van der Waals surface area contributed by atoms with Crippen molar-refractivity contribution < 1.29 is 0 Å². The van der Waals surface area contributed by atoms with Gasteiger partial charge in [-0.25, -0.2) is 4.98 Å². The molecular formula is C20H26N6. The third-order valence-corrected chi connectivity index (χ3v) is 5.30. The van der Waals surface area contributed by atoms with Gasteiger partial charge in [-0.15, -0.1) is 0 Å². The summed E-state index contributed by atoms with van der Waals surface area (Å²) in [6, 6.07) is 2.05. The summed E-state index contributed by atoms with van der Waals surface area (Å²) in [5, 5.41) is 15.4. The molecule has 3 aromatic heterocycles. The Bertz CT molecular complexity index is 941. The number of aromatic amines is 2. The van der Waals surface area contributed by atoms with E-state index in [-0.39, 0.29) is 10.8 Å². The van der Waals surface area contributed by atoms with Gasteiger partial charge in [0.05, 0.1) is 12.4 Å². The average molecular weight is 350 g/mol. The van der Waals surface area contributed by atoms with Crippen molar-refractivity contribution in [2.24, 2.45) is 0 Å². The van der Waals surface area contributed by atoms with E-state index in [1.807, 2.05) is 0 Å². The molecule has 0 aliphatic heterocycles. The quantitative estimate of drug-likeness (QED) is 0.726. The van der Waals surface area contributed by atoms with Crippen molar-refractivity contribution >= 4 is 0 Å². The number of nitrogens with one attached hydrogen (secondary N) is 2. The summed E-state index contributed by atoms with van der Waals surface area (Å²) in [4.78, 5) is 9.21. The van der Waals surface area contributed by atoms with E-state index in [1.165, 1.54) is 24.1 Å². The van der Waals surface area contributed by atoms with Crippen molar-refractivity contribution in [3.8, 4) is 22.8 Å². The molecule has 6 heteroatoms. The summed E-state index contributed by atoms with van der Waals surface area (Å²) in [5.74, 6) is 0. The van der Waals surface area contributed by atoms with Crippen LogP contribution in [0.3, 0.4) is 0 Å². The monoisotopic (exact) mass is 350 g/mol. The van der Waals surface area contributed by atoms with E-state index >= 15 is 0 Å². The zero-order valence-electron chi connectivity index (χ0n) is 16.1. The van der Waals surface area contributed by atoms with Gasteiger partial charge in [0.15, 0.2) is 0 Å². The van der Waals surface area contributed by atoms with Crippen LogP contribution in [-0.2, 0) is 17.3 Å².